The Kier molecular flexibility index (Phi) is 7.19. The van der Waals surface area contributed by atoms with Crippen molar-refractivity contribution in [3.05, 3.63) is 193 Å². The zero-order chi connectivity index (χ0) is 35.5. The molecule has 0 bridgehead atoms. The average Bonchev–Trinajstić information content (AvgIpc) is 3.44. The largest absolute Gasteiger partial charge is 0.228 e. The predicted octanol–water partition coefficient (Wildman–Crippen LogP) is 13.4. The zero-order valence-electron chi connectivity index (χ0n) is 29.7. The lowest BCUT2D eigenvalue weighted by Crippen LogP contribution is -2.15. The van der Waals surface area contributed by atoms with E-state index in [9.17, 15) is 0 Å². The van der Waals surface area contributed by atoms with E-state index in [1.807, 2.05) is 18.2 Å². The van der Waals surface area contributed by atoms with Gasteiger partial charge in [-0.1, -0.05) is 166 Å². The molecular weight excluding hydrogens is 641 g/mol. The van der Waals surface area contributed by atoms with Gasteiger partial charge in [-0.25, -0.2) is 9.97 Å². The fourth-order valence-electron chi connectivity index (χ4n) is 8.30. The van der Waals surface area contributed by atoms with Crippen molar-refractivity contribution >= 4 is 21.5 Å². The molecule has 250 valence electrons. The normalized spacial score (nSPS) is 12.9. The third-order valence-electron chi connectivity index (χ3n) is 11.1. The monoisotopic (exact) mass is 676 g/mol. The summed E-state index contributed by atoms with van der Waals surface area (Å²) in [6.07, 6.45) is 0. The molecule has 1 aromatic heterocycles. The van der Waals surface area contributed by atoms with E-state index in [1.54, 1.807) is 0 Å². The van der Waals surface area contributed by atoms with E-state index < -0.39 is 0 Å². The van der Waals surface area contributed by atoms with Crippen molar-refractivity contribution in [2.45, 2.75) is 19.3 Å². The topological polar surface area (TPSA) is 25.8 Å². The lowest BCUT2D eigenvalue weighted by Gasteiger charge is -2.22. The molecule has 1 aliphatic carbocycles. The molecule has 0 amide bonds. The first-order valence-electron chi connectivity index (χ1n) is 18.3. The van der Waals surface area contributed by atoms with Gasteiger partial charge in [-0.2, -0.15) is 0 Å². The molecule has 0 saturated heterocycles. The number of benzene rings is 8. The Hall–Kier alpha value is -6.64. The molecule has 1 aliphatic rings. The summed E-state index contributed by atoms with van der Waals surface area (Å²) in [4.78, 5) is 10.4. The summed E-state index contributed by atoms with van der Waals surface area (Å²) in [5.41, 5.74) is 15.1. The van der Waals surface area contributed by atoms with Crippen LogP contribution in [-0.4, -0.2) is 9.97 Å². The number of rotatable bonds is 5. The summed E-state index contributed by atoms with van der Waals surface area (Å²) >= 11 is 0. The van der Waals surface area contributed by atoms with E-state index in [0.717, 1.165) is 33.6 Å². The van der Waals surface area contributed by atoms with Crippen LogP contribution < -0.4 is 0 Å². The Labute approximate surface area is 310 Å². The van der Waals surface area contributed by atoms with Crippen LogP contribution in [0.5, 0.6) is 0 Å². The number of hydrogen-bond donors (Lipinski definition) is 0. The summed E-state index contributed by atoms with van der Waals surface area (Å²) in [5.74, 6) is 0.712. The van der Waals surface area contributed by atoms with Crippen LogP contribution in [0.4, 0.5) is 0 Å². The number of hydrogen-bond acceptors (Lipinski definition) is 2. The van der Waals surface area contributed by atoms with Crippen molar-refractivity contribution in [2.75, 3.05) is 0 Å². The Bertz CT molecular complexity index is 2850. The smallest absolute Gasteiger partial charge is 0.160 e. The van der Waals surface area contributed by atoms with Gasteiger partial charge in [0.2, 0.25) is 0 Å². The van der Waals surface area contributed by atoms with Gasteiger partial charge in [-0.3, -0.25) is 0 Å². The molecule has 8 aromatic carbocycles. The summed E-state index contributed by atoms with van der Waals surface area (Å²) < 4.78 is 0. The highest BCUT2D eigenvalue weighted by Gasteiger charge is 2.36. The van der Waals surface area contributed by atoms with Crippen LogP contribution >= 0.6 is 0 Å². The highest BCUT2D eigenvalue weighted by atomic mass is 14.9. The summed E-state index contributed by atoms with van der Waals surface area (Å²) in [6, 6.07) is 65.4. The Morgan fingerprint density at radius 2 is 0.906 bits per heavy atom. The quantitative estimate of drug-likeness (QED) is 0.181. The molecule has 0 aliphatic heterocycles. The number of nitrogens with zero attached hydrogens (tertiary/aromatic N) is 2. The SMILES string of the molecule is CC1(C)c2cc(-c3ccc(-c4cc(-c5cccc(-c6ccccc6)c5)nc(-c5ccccc5)n4)c4ccccc34)ccc2-c2cc3ccccc3cc21. The van der Waals surface area contributed by atoms with Crippen LogP contribution in [0.2, 0.25) is 0 Å². The molecule has 1 heterocycles. The van der Waals surface area contributed by atoms with E-state index in [4.69, 9.17) is 9.97 Å². The van der Waals surface area contributed by atoms with Crippen LogP contribution in [0.3, 0.4) is 0 Å². The molecule has 0 N–H and O–H groups in total. The van der Waals surface area contributed by atoms with Crippen molar-refractivity contribution in [3.8, 4) is 67.3 Å². The standard InChI is InChI=1S/C51H36N2/c1-51(2)46-31-38(24-25-43(46)45-29-36-18-9-10-19-37(36)30-47(45)51)40-26-27-44(42-23-12-11-22-41(40)42)49-32-48(52-50(53-49)34-16-7-4-8-17-34)39-21-13-20-35(28-39)33-14-5-3-6-15-33/h3-32H,1-2H3. The highest BCUT2D eigenvalue weighted by Crippen LogP contribution is 2.51. The van der Waals surface area contributed by atoms with Gasteiger partial charge >= 0.3 is 0 Å². The minimum absolute atomic E-state index is 0.108. The second-order valence-electron chi connectivity index (χ2n) is 14.6. The van der Waals surface area contributed by atoms with Crippen molar-refractivity contribution < 1.29 is 0 Å². The van der Waals surface area contributed by atoms with E-state index >= 15 is 0 Å². The maximum atomic E-state index is 5.23. The molecule has 0 atom stereocenters. The molecule has 2 heteroatoms. The van der Waals surface area contributed by atoms with Gasteiger partial charge in [-0.05, 0) is 96.4 Å². The lowest BCUT2D eigenvalue weighted by atomic mass is 9.81. The summed E-state index contributed by atoms with van der Waals surface area (Å²) in [7, 11) is 0. The average molecular weight is 677 g/mol. The maximum absolute atomic E-state index is 5.23. The molecule has 0 spiro atoms. The predicted molar refractivity (Wildman–Crippen MR) is 222 cm³/mol. The molecule has 0 radical (unpaired) electrons. The van der Waals surface area contributed by atoms with Crippen molar-refractivity contribution in [2.24, 2.45) is 0 Å². The second-order valence-corrected chi connectivity index (χ2v) is 14.6. The van der Waals surface area contributed by atoms with Gasteiger partial charge in [0, 0.05) is 22.1 Å². The molecule has 10 rings (SSSR count). The molecule has 0 unspecified atom stereocenters. The molecule has 9 aromatic rings. The molecule has 0 fully saturated rings. The van der Waals surface area contributed by atoms with Gasteiger partial charge < -0.3 is 0 Å². The maximum Gasteiger partial charge on any atom is 0.160 e. The Morgan fingerprint density at radius 1 is 0.340 bits per heavy atom. The van der Waals surface area contributed by atoms with Crippen LogP contribution in [0, 0.1) is 0 Å². The minimum Gasteiger partial charge on any atom is -0.228 e. The summed E-state index contributed by atoms with van der Waals surface area (Å²) in [5, 5.41) is 4.95. The first kappa shape index (κ1) is 31.1. The third kappa shape index (κ3) is 5.26. The fourth-order valence-corrected chi connectivity index (χ4v) is 8.30. The van der Waals surface area contributed by atoms with Gasteiger partial charge in [0.1, 0.15) is 0 Å². The Balaban J connectivity index is 1.11. The first-order valence-corrected chi connectivity index (χ1v) is 18.3. The zero-order valence-corrected chi connectivity index (χ0v) is 29.7. The van der Waals surface area contributed by atoms with E-state index in [1.165, 1.54) is 60.5 Å². The number of aromatic nitrogens is 2. The van der Waals surface area contributed by atoms with Crippen LogP contribution in [0.15, 0.2) is 182 Å². The third-order valence-corrected chi connectivity index (χ3v) is 11.1. The van der Waals surface area contributed by atoms with Crippen molar-refractivity contribution in [1.82, 2.24) is 9.97 Å². The molecule has 2 nitrogen and oxygen atoms in total. The Morgan fingerprint density at radius 3 is 1.68 bits per heavy atom. The first-order chi connectivity index (χ1) is 26.0. The lowest BCUT2D eigenvalue weighted by molar-refractivity contribution is 0.661. The van der Waals surface area contributed by atoms with Gasteiger partial charge in [0.15, 0.2) is 5.82 Å². The van der Waals surface area contributed by atoms with E-state index in [-0.39, 0.29) is 5.41 Å². The molecule has 0 saturated carbocycles. The van der Waals surface area contributed by atoms with Crippen LogP contribution in [0.1, 0.15) is 25.0 Å². The van der Waals surface area contributed by atoms with E-state index in [2.05, 4.69) is 178 Å². The summed E-state index contributed by atoms with van der Waals surface area (Å²) in [6.45, 7) is 4.73. The molecule has 53 heavy (non-hydrogen) atoms. The van der Waals surface area contributed by atoms with Gasteiger partial charge in [-0.15, -0.1) is 0 Å². The van der Waals surface area contributed by atoms with Crippen LogP contribution in [0.25, 0.3) is 88.8 Å². The highest BCUT2D eigenvalue weighted by molar-refractivity contribution is 6.05. The molecular formula is C51H36N2. The minimum atomic E-state index is -0.108. The van der Waals surface area contributed by atoms with Crippen molar-refractivity contribution in [1.29, 1.82) is 0 Å². The second kappa shape index (κ2) is 12.3. The van der Waals surface area contributed by atoms with Crippen molar-refractivity contribution in [3.63, 3.8) is 0 Å². The van der Waals surface area contributed by atoms with E-state index in [0.29, 0.717) is 5.82 Å². The van der Waals surface area contributed by atoms with Gasteiger partial charge in [0.25, 0.3) is 0 Å². The van der Waals surface area contributed by atoms with Crippen LogP contribution in [-0.2, 0) is 5.41 Å². The number of fused-ring (bicyclic) bond motifs is 5. The fraction of sp³-hybridized carbons (Fsp3) is 0.0588. The van der Waals surface area contributed by atoms with Gasteiger partial charge in [0.05, 0.1) is 11.4 Å².